The zero-order valence-electron chi connectivity index (χ0n) is 11.1. The van der Waals surface area contributed by atoms with Crippen molar-refractivity contribution in [1.82, 2.24) is 20.3 Å². The number of anilines is 2. The first kappa shape index (κ1) is 12.8. The van der Waals surface area contributed by atoms with Gasteiger partial charge in [-0.15, -0.1) is 0 Å². The molecule has 2 heterocycles. The molecule has 7 nitrogen and oxygen atoms in total. The second kappa shape index (κ2) is 5.81. The van der Waals surface area contributed by atoms with Crippen molar-refractivity contribution in [1.29, 1.82) is 0 Å². The summed E-state index contributed by atoms with van der Waals surface area (Å²) in [6, 6.07) is 0.373. The van der Waals surface area contributed by atoms with Crippen LogP contribution in [-0.2, 0) is 0 Å². The Hall–Kier alpha value is -1.63. The van der Waals surface area contributed by atoms with Crippen LogP contribution in [0.15, 0.2) is 0 Å². The standard InChI is InChI=1S/C11H20N6O/c1-8(2)18-11-15-9(12-3)14-10(16-11)17-6-4-13-5-7-17/h8,13H,4-7H2,1-3H3,(H,12,14,15,16). The molecule has 1 aromatic rings. The van der Waals surface area contributed by atoms with Crippen LogP contribution in [0.1, 0.15) is 13.8 Å². The lowest BCUT2D eigenvalue weighted by atomic mass is 10.4. The maximum Gasteiger partial charge on any atom is 0.323 e. The molecule has 0 saturated carbocycles. The van der Waals surface area contributed by atoms with Crippen LogP contribution >= 0.6 is 0 Å². The van der Waals surface area contributed by atoms with Crippen molar-refractivity contribution >= 4 is 11.9 Å². The van der Waals surface area contributed by atoms with Gasteiger partial charge in [0.1, 0.15) is 0 Å². The number of hydrogen-bond acceptors (Lipinski definition) is 7. The third-order valence-electron chi connectivity index (χ3n) is 2.57. The molecule has 0 aromatic carbocycles. The minimum Gasteiger partial charge on any atom is -0.461 e. The molecular formula is C11H20N6O. The highest BCUT2D eigenvalue weighted by Gasteiger charge is 2.16. The topological polar surface area (TPSA) is 75.2 Å². The van der Waals surface area contributed by atoms with E-state index in [2.05, 4.69) is 30.5 Å². The van der Waals surface area contributed by atoms with Gasteiger partial charge in [0.25, 0.3) is 0 Å². The molecule has 0 spiro atoms. The van der Waals surface area contributed by atoms with Crippen molar-refractivity contribution in [2.45, 2.75) is 20.0 Å². The molecule has 100 valence electrons. The van der Waals surface area contributed by atoms with Gasteiger partial charge < -0.3 is 20.3 Å². The number of aromatic nitrogens is 3. The molecule has 0 amide bonds. The molecule has 0 bridgehead atoms. The summed E-state index contributed by atoms with van der Waals surface area (Å²) in [5.74, 6) is 1.21. The summed E-state index contributed by atoms with van der Waals surface area (Å²) in [5, 5.41) is 6.24. The van der Waals surface area contributed by atoms with E-state index in [4.69, 9.17) is 4.74 Å². The van der Waals surface area contributed by atoms with Gasteiger partial charge in [-0.2, -0.15) is 15.0 Å². The third kappa shape index (κ3) is 3.19. The molecule has 2 rings (SSSR count). The Bertz CT molecular complexity index is 391. The molecular weight excluding hydrogens is 232 g/mol. The predicted molar refractivity (Wildman–Crippen MR) is 70.2 cm³/mol. The van der Waals surface area contributed by atoms with E-state index in [-0.39, 0.29) is 6.10 Å². The van der Waals surface area contributed by atoms with Gasteiger partial charge in [-0.25, -0.2) is 0 Å². The van der Waals surface area contributed by atoms with Crippen LogP contribution in [0.25, 0.3) is 0 Å². The van der Waals surface area contributed by atoms with E-state index >= 15 is 0 Å². The summed E-state index contributed by atoms with van der Waals surface area (Å²) in [7, 11) is 1.79. The van der Waals surface area contributed by atoms with Gasteiger partial charge in [0.2, 0.25) is 11.9 Å². The van der Waals surface area contributed by atoms with E-state index in [1.165, 1.54) is 0 Å². The number of piperazine rings is 1. The Morgan fingerprint density at radius 1 is 1.22 bits per heavy atom. The van der Waals surface area contributed by atoms with E-state index in [0.29, 0.717) is 17.9 Å². The molecule has 1 aliphatic rings. The summed E-state index contributed by atoms with van der Waals surface area (Å²) in [4.78, 5) is 15.0. The summed E-state index contributed by atoms with van der Waals surface area (Å²) in [6.45, 7) is 7.59. The van der Waals surface area contributed by atoms with Gasteiger partial charge in [0, 0.05) is 33.2 Å². The molecule has 0 unspecified atom stereocenters. The van der Waals surface area contributed by atoms with E-state index in [1.807, 2.05) is 13.8 Å². The van der Waals surface area contributed by atoms with Gasteiger partial charge in [-0.3, -0.25) is 0 Å². The zero-order valence-corrected chi connectivity index (χ0v) is 11.1. The molecule has 2 N–H and O–H groups in total. The van der Waals surface area contributed by atoms with E-state index in [0.717, 1.165) is 26.2 Å². The Balaban J connectivity index is 2.22. The predicted octanol–water partition coefficient (Wildman–Crippen LogP) is 0.110. The van der Waals surface area contributed by atoms with Gasteiger partial charge in [-0.1, -0.05) is 0 Å². The first-order chi connectivity index (χ1) is 8.69. The summed E-state index contributed by atoms with van der Waals surface area (Å²) >= 11 is 0. The van der Waals surface area contributed by atoms with Gasteiger partial charge >= 0.3 is 6.01 Å². The smallest absolute Gasteiger partial charge is 0.323 e. The molecule has 0 radical (unpaired) electrons. The van der Waals surface area contributed by atoms with Crippen LogP contribution in [0.4, 0.5) is 11.9 Å². The van der Waals surface area contributed by atoms with E-state index in [1.54, 1.807) is 7.05 Å². The molecule has 0 atom stereocenters. The fraction of sp³-hybridized carbons (Fsp3) is 0.727. The lowest BCUT2D eigenvalue weighted by molar-refractivity contribution is 0.222. The summed E-state index contributed by atoms with van der Waals surface area (Å²) in [6.07, 6.45) is 0.0491. The number of nitrogens with one attached hydrogen (secondary N) is 2. The second-order valence-electron chi connectivity index (χ2n) is 4.40. The average Bonchev–Trinajstić information content (AvgIpc) is 2.38. The maximum absolute atomic E-state index is 5.54. The molecule has 1 aliphatic heterocycles. The van der Waals surface area contributed by atoms with Crippen molar-refractivity contribution in [2.24, 2.45) is 0 Å². The molecule has 0 aliphatic carbocycles. The lowest BCUT2D eigenvalue weighted by Crippen LogP contribution is -2.44. The minimum absolute atomic E-state index is 0.0491. The van der Waals surface area contributed by atoms with Gasteiger partial charge in [-0.05, 0) is 13.8 Å². The number of hydrogen-bond donors (Lipinski definition) is 2. The van der Waals surface area contributed by atoms with E-state index in [9.17, 15) is 0 Å². The van der Waals surface area contributed by atoms with Crippen LogP contribution in [0.3, 0.4) is 0 Å². The Kier molecular flexibility index (Phi) is 4.14. The normalized spacial score (nSPS) is 15.9. The Morgan fingerprint density at radius 3 is 2.56 bits per heavy atom. The van der Waals surface area contributed by atoms with Crippen molar-refractivity contribution in [3.63, 3.8) is 0 Å². The maximum atomic E-state index is 5.54. The number of ether oxygens (including phenoxy) is 1. The molecule has 7 heteroatoms. The number of rotatable bonds is 4. The fourth-order valence-corrected chi connectivity index (χ4v) is 1.73. The van der Waals surface area contributed by atoms with Crippen LogP contribution in [0, 0.1) is 0 Å². The highest BCUT2D eigenvalue weighted by Crippen LogP contribution is 2.16. The fourth-order valence-electron chi connectivity index (χ4n) is 1.73. The number of nitrogens with zero attached hydrogens (tertiary/aromatic N) is 4. The zero-order chi connectivity index (χ0) is 13.0. The minimum atomic E-state index is 0.0491. The SMILES string of the molecule is CNc1nc(OC(C)C)nc(N2CCNCC2)n1. The highest BCUT2D eigenvalue weighted by atomic mass is 16.5. The van der Waals surface area contributed by atoms with Crippen molar-refractivity contribution in [3.05, 3.63) is 0 Å². The monoisotopic (exact) mass is 252 g/mol. The first-order valence-corrected chi connectivity index (χ1v) is 6.25. The summed E-state index contributed by atoms with van der Waals surface area (Å²) < 4.78 is 5.54. The van der Waals surface area contributed by atoms with Crippen LogP contribution in [-0.4, -0.2) is 54.3 Å². The van der Waals surface area contributed by atoms with Crippen LogP contribution in [0.5, 0.6) is 6.01 Å². The van der Waals surface area contributed by atoms with Gasteiger partial charge in [0.05, 0.1) is 6.10 Å². The third-order valence-corrected chi connectivity index (χ3v) is 2.57. The largest absolute Gasteiger partial charge is 0.461 e. The molecule has 18 heavy (non-hydrogen) atoms. The summed E-state index contributed by atoms with van der Waals surface area (Å²) in [5.41, 5.74) is 0. The highest BCUT2D eigenvalue weighted by molar-refractivity contribution is 5.38. The van der Waals surface area contributed by atoms with E-state index < -0.39 is 0 Å². The van der Waals surface area contributed by atoms with Crippen molar-refractivity contribution in [3.8, 4) is 6.01 Å². The Labute approximate surface area is 107 Å². The van der Waals surface area contributed by atoms with Gasteiger partial charge in [0.15, 0.2) is 0 Å². The average molecular weight is 252 g/mol. The van der Waals surface area contributed by atoms with Crippen LogP contribution in [0.2, 0.25) is 0 Å². The van der Waals surface area contributed by atoms with Crippen molar-refractivity contribution in [2.75, 3.05) is 43.4 Å². The second-order valence-corrected chi connectivity index (χ2v) is 4.40. The molecule has 1 aromatic heterocycles. The molecule has 1 fully saturated rings. The lowest BCUT2D eigenvalue weighted by Gasteiger charge is -2.27. The molecule has 1 saturated heterocycles. The van der Waals surface area contributed by atoms with Crippen molar-refractivity contribution < 1.29 is 4.74 Å². The van der Waals surface area contributed by atoms with Crippen LogP contribution < -0.4 is 20.3 Å². The first-order valence-electron chi connectivity index (χ1n) is 6.25. The Morgan fingerprint density at radius 2 is 1.94 bits per heavy atom. The quantitative estimate of drug-likeness (QED) is 0.787.